The Labute approximate surface area is 92.4 Å². The van der Waals surface area contributed by atoms with Gasteiger partial charge in [-0.1, -0.05) is 0 Å². The molecule has 6 N–H and O–H groups in total. The molecule has 0 aliphatic heterocycles. The van der Waals surface area contributed by atoms with Crippen LogP contribution in [0, 0.1) is 5.53 Å². The summed E-state index contributed by atoms with van der Waals surface area (Å²) in [7, 11) is 0. The predicted molar refractivity (Wildman–Crippen MR) is 52.7 cm³/mol. The standard InChI is InChI=1S/C8H17N3O5/c1-4(13)11-5(2-10-9)7(15)8(16)6(14)3-12/h5-9,12,14-16H,2-3H2,1H3,(H,11,13)/t5-,6+,7+,8-/m0/s1. The Morgan fingerprint density at radius 3 is 2.31 bits per heavy atom. The van der Waals surface area contributed by atoms with E-state index >= 15 is 0 Å². The van der Waals surface area contributed by atoms with Crippen molar-refractivity contribution >= 4 is 5.91 Å². The topological polar surface area (TPSA) is 146 Å². The van der Waals surface area contributed by atoms with Crippen molar-refractivity contribution in [3.63, 3.8) is 0 Å². The van der Waals surface area contributed by atoms with Crippen molar-refractivity contribution in [1.82, 2.24) is 5.32 Å². The summed E-state index contributed by atoms with van der Waals surface area (Å²) < 4.78 is 0. The van der Waals surface area contributed by atoms with Crippen molar-refractivity contribution < 1.29 is 25.2 Å². The van der Waals surface area contributed by atoms with Crippen LogP contribution in [0.4, 0.5) is 0 Å². The number of hydrogen-bond acceptors (Lipinski definition) is 7. The molecule has 8 nitrogen and oxygen atoms in total. The molecule has 0 heterocycles. The number of aliphatic hydroxyl groups excluding tert-OH is 4. The molecular formula is C8H17N3O5. The van der Waals surface area contributed by atoms with Gasteiger partial charge in [0.05, 0.1) is 19.2 Å². The van der Waals surface area contributed by atoms with Crippen LogP contribution in [0.3, 0.4) is 0 Å². The third-order valence-corrected chi connectivity index (χ3v) is 2.02. The molecule has 0 unspecified atom stereocenters. The molecule has 0 fully saturated rings. The third-order valence-electron chi connectivity index (χ3n) is 2.02. The SMILES string of the molecule is CC(=O)N[C@@H](CN=N)[C@@H](O)[C@@H](O)[C@H](O)CO. The van der Waals surface area contributed by atoms with Gasteiger partial charge in [0, 0.05) is 6.92 Å². The number of carbonyl (C=O) groups excluding carboxylic acids is 1. The second kappa shape index (κ2) is 7.23. The average Bonchev–Trinajstić information content (AvgIpc) is 2.24. The zero-order valence-corrected chi connectivity index (χ0v) is 8.87. The lowest BCUT2D eigenvalue weighted by molar-refractivity contribution is -0.123. The monoisotopic (exact) mass is 235 g/mol. The number of nitrogens with zero attached hydrogens (tertiary/aromatic N) is 1. The van der Waals surface area contributed by atoms with E-state index in [1.165, 1.54) is 6.92 Å². The van der Waals surface area contributed by atoms with Gasteiger partial charge in [-0.2, -0.15) is 5.11 Å². The summed E-state index contributed by atoms with van der Waals surface area (Å²) in [5.41, 5.74) is 6.63. The van der Waals surface area contributed by atoms with E-state index in [0.717, 1.165) is 0 Å². The molecule has 16 heavy (non-hydrogen) atoms. The summed E-state index contributed by atoms with van der Waals surface area (Å²) in [5.74, 6) is -0.460. The maximum atomic E-state index is 10.8. The van der Waals surface area contributed by atoms with Gasteiger partial charge in [0.2, 0.25) is 5.91 Å². The van der Waals surface area contributed by atoms with E-state index in [0.29, 0.717) is 0 Å². The van der Waals surface area contributed by atoms with Gasteiger partial charge in [0.25, 0.3) is 0 Å². The molecule has 0 bridgehead atoms. The molecule has 0 aromatic heterocycles. The maximum Gasteiger partial charge on any atom is 0.217 e. The molecule has 8 heteroatoms. The summed E-state index contributed by atoms with van der Waals surface area (Å²) >= 11 is 0. The quantitative estimate of drug-likeness (QED) is 0.272. The number of nitrogens with one attached hydrogen (secondary N) is 2. The van der Waals surface area contributed by atoms with Crippen molar-refractivity contribution in [1.29, 1.82) is 5.53 Å². The molecule has 0 saturated heterocycles. The molecule has 0 rings (SSSR count). The zero-order chi connectivity index (χ0) is 12.7. The molecule has 94 valence electrons. The third kappa shape index (κ3) is 4.62. The van der Waals surface area contributed by atoms with Crippen molar-refractivity contribution in [3.8, 4) is 0 Å². The molecule has 0 radical (unpaired) electrons. The second-order valence-electron chi connectivity index (χ2n) is 3.38. The van der Waals surface area contributed by atoms with Crippen molar-refractivity contribution in [2.75, 3.05) is 13.2 Å². The van der Waals surface area contributed by atoms with E-state index in [1.54, 1.807) is 0 Å². The molecule has 0 saturated carbocycles. The average molecular weight is 235 g/mol. The fourth-order valence-corrected chi connectivity index (χ4v) is 1.17. The van der Waals surface area contributed by atoms with Gasteiger partial charge in [-0.25, -0.2) is 5.53 Å². The smallest absolute Gasteiger partial charge is 0.217 e. The van der Waals surface area contributed by atoms with Gasteiger partial charge < -0.3 is 25.7 Å². The first-order chi connectivity index (χ1) is 7.43. The van der Waals surface area contributed by atoms with Gasteiger partial charge in [0.1, 0.15) is 18.3 Å². The summed E-state index contributed by atoms with van der Waals surface area (Å²) in [6.45, 7) is 0.261. The fourth-order valence-electron chi connectivity index (χ4n) is 1.17. The van der Waals surface area contributed by atoms with Crippen molar-refractivity contribution in [3.05, 3.63) is 0 Å². The van der Waals surface area contributed by atoms with Crippen molar-refractivity contribution in [2.45, 2.75) is 31.3 Å². The van der Waals surface area contributed by atoms with Crippen LogP contribution in [-0.4, -0.2) is 63.8 Å². The first-order valence-electron chi connectivity index (χ1n) is 4.69. The van der Waals surface area contributed by atoms with Gasteiger partial charge in [-0.3, -0.25) is 4.79 Å². The van der Waals surface area contributed by atoms with Gasteiger partial charge >= 0.3 is 0 Å². The van der Waals surface area contributed by atoms with Gasteiger partial charge in [0.15, 0.2) is 0 Å². The summed E-state index contributed by atoms with van der Waals surface area (Å²) in [6.07, 6.45) is -4.65. The van der Waals surface area contributed by atoms with E-state index in [-0.39, 0.29) is 6.54 Å². The van der Waals surface area contributed by atoms with E-state index < -0.39 is 36.9 Å². The van der Waals surface area contributed by atoms with E-state index in [4.69, 9.17) is 15.7 Å². The first kappa shape index (κ1) is 14.9. The van der Waals surface area contributed by atoms with Crippen LogP contribution in [-0.2, 0) is 4.79 Å². The number of hydrogen-bond donors (Lipinski definition) is 6. The largest absolute Gasteiger partial charge is 0.394 e. The minimum atomic E-state index is -1.62. The van der Waals surface area contributed by atoms with Crippen LogP contribution in [0.25, 0.3) is 0 Å². The fraction of sp³-hybridized carbons (Fsp3) is 0.875. The molecule has 0 spiro atoms. The van der Waals surface area contributed by atoms with Gasteiger partial charge in [-0.15, -0.1) is 0 Å². The minimum Gasteiger partial charge on any atom is -0.394 e. The summed E-state index contributed by atoms with van der Waals surface area (Å²) in [5, 5.41) is 41.9. The number of amides is 1. The lowest BCUT2D eigenvalue weighted by Crippen LogP contribution is -2.53. The molecular weight excluding hydrogens is 218 g/mol. The van der Waals surface area contributed by atoms with Gasteiger partial charge in [-0.05, 0) is 0 Å². The molecule has 0 aliphatic rings. The highest BCUT2D eigenvalue weighted by Crippen LogP contribution is 2.05. The van der Waals surface area contributed by atoms with E-state index in [2.05, 4.69) is 10.4 Å². The van der Waals surface area contributed by atoms with Crippen molar-refractivity contribution in [2.24, 2.45) is 5.11 Å². The second-order valence-corrected chi connectivity index (χ2v) is 3.38. The van der Waals surface area contributed by atoms with Crippen LogP contribution in [0.1, 0.15) is 6.92 Å². The highest BCUT2D eigenvalue weighted by atomic mass is 16.4. The van der Waals surface area contributed by atoms with Crippen LogP contribution < -0.4 is 5.32 Å². The molecule has 0 aromatic rings. The van der Waals surface area contributed by atoms with Crippen LogP contribution in [0.5, 0.6) is 0 Å². The number of rotatable bonds is 7. The highest BCUT2D eigenvalue weighted by Gasteiger charge is 2.31. The Morgan fingerprint density at radius 1 is 1.38 bits per heavy atom. The summed E-state index contributed by atoms with van der Waals surface area (Å²) in [6, 6.07) is -0.980. The van der Waals surface area contributed by atoms with Crippen LogP contribution in [0.15, 0.2) is 5.11 Å². The molecule has 1 amide bonds. The lowest BCUT2D eigenvalue weighted by atomic mass is 10.0. The van der Waals surface area contributed by atoms with Crippen LogP contribution >= 0.6 is 0 Å². The lowest BCUT2D eigenvalue weighted by Gasteiger charge is -2.27. The number of carbonyl (C=O) groups is 1. The molecule has 0 aromatic carbocycles. The highest BCUT2D eigenvalue weighted by molar-refractivity contribution is 5.73. The Hall–Kier alpha value is -1.09. The Morgan fingerprint density at radius 2 is 1.94 bits per heavy atom. The Bertz CT molecular complexity index is 238. The minimum absolute atomic E-state index is 0.226. The number of aliphatic hydroxyl groups is 4. The maximum absolute atomic E-state index is 10.8. The van der Waals surface area contributed by atoms with E-state index in [1.807, 2.05) is 0 Å². The van der Waals surface area contributed by atoms with Crippen LogP contribution in [0.2, 0.25) is 0 Å². The summed E-state index contributed by atoms with van der Waals surface area (Å²) in [4.78, 5) is 10.8. The Balaban J connectivity index is 4.51. The Kier molecular flexibility index (Phi) is 6.74. The van der Waals surface area contributed by atoms with E-state index in [9.17, 15) is 15.0 Å². The zero-order valence-electron chi connectivity index (χ0n) is 8.87. The predicted octanol–water partition coefficient (Wildman–Crippen LogP) is -2.40. The normalized spacial score (nSPS) is 18.3. The molecule has 0 aliphatic carbocycles. The molecule has 4 atom stereocenters. The first-order valence-corrected chi connectivity index (χ1v) is 4.69.